The summed E-state index contributed by atoms with van der Waals surface area (Å²) in [5.41, 5.74) is 9.42. The predicted octanol–water partition coefficient (Wildman–Crippen LogP) is 1.89. The number of fused-ring (bicyclic) bond motifs is 1. The van der Waals surface area contributed by atoms with Crippen molar-refractivity contribution < 1.29 is 10.0 Å². The lowest BCUT2D eigenvalue weighted by Crippen LogP contribution is -2.28. The van der Waals surface area contributed by atoms with Crippen molar-refractivity contribution in [2.75, 3.05) is 17.6 Å². The maximum Gasteiger partial charge on any atom is 0.262 e. The first-order chi connectivity index (χ1) is 9.74. The monoisotopic (exact) mass is 355 g/mol. The Morgan fingerprint density at radius 2 is 2.19 bits per heavy atom. The second-order valence-corrected chi connectivity index (χ2v) is 6.67. The number of pyridine rings is 1. The molecule has 21 heavy (non-hydrogen) atoms. The van der Waals surface area contributed by atoms with Gasteiger partial charge in [0.05, 0.1) is 17.9 Å². The van der Waals surface area contributed by atoms with E-state index in [0.717, 1.165) is 10.2 Å². The second kappa shape index (κ2) is 5.53. The quantitative estimate of drug-likeness (QED) is 0.497. The third-order valence-electron chi connectivity index (χ3n) is 2.97. The molecule has 0 bridgehead atoms. The van der Waals surface area contributed by atoms with Crippen molar-refractivity contribution in [3.05, 3.63) is 22.4 Å². The zero-order chi connectivity index (χ0) is 15.8. The molecule has 0 aliphatic heterocycles. The average molecular weight is 356 g/mol. The van der Waals surface area contributed by atoms with Gasteiger partial charge < -0.3 is 11.1 Å². The molecule has 0 atom stereocenters. The van der Waals surface area contributed by atoms with Crippen molar-refractivity contribution in [2.45, 2.75) is 26.2 Å². The lowest BCUT2D eigenvalue weighted by Gasteiger charge is -2.20. The largest absolute Gasteiger partial charge is 0.396 e. The van der Waals surface area contributed by atoms with Gasteiger partial charge >= 0.3 is 0 Å². The number of carbonyl (C=O) groups is 1. The first-order valence-corrected chi connectivity index (χ1v) is 7.17. The lowest BCUT2D eigenvalue weighted by atomic mass is 9.92. The van der Waals surface area contributed by atoms with Crippen molar-refractivity contribution in [3.8, 4) is 0 Å². The Morgan fingerprint density at radius 1 is 1.52 bits per heavy atom. The van der Waals surface area contributed by atoms with Gasteiger partial charge in [0.25, 0.3) is 5.91 Å². The molecule has 0 unspecified atom stereocenters. The number of hydrogen-bond acceptors (Lipinski definition) is 5. The van der Waals surface area contributed by atoms with Crippen LogP contribution < -0.4 is 16.5 Å². The van der Waals surface area contributed by atoms with Crippen molar-refractivity contribution in [3.63, 3.8) is 0 Å². The molecule has 0 radical (unpaired) electrons. The Morgan fingerprint density at radius 3 is 2.76 bits per heavy atom. The number of hydroxylamine groups is 1. The summed E-state index contributed by atoms with van der Waals surface area (Å²) >= 11 is 3.42. The zero-order valence-corrected chi connectivity index (χ0v) is 13.7. The highest BCUT2D eigenvalue weighted by molar-refractivity contribution is 9.10. The summed E-state index contributed by atoms with van der Waals surface area (Å²) in [7, 11) is 0. The molecule has 0 saturated heterocycles. The topological polar surface area (TPSA) is 105 Å². The van der Waals surface area contributed by atoms with Crippen molar-refractivity contribution in [2.24, 2.45) is 0 Å². The molecule has 7 nitrogen and oxygen atoms in total. The number of carbonyl (C=O) groups excluding carboxylic acids is 1. The molecule has 0 aliphatic rings. The Kier molecular flexibility index (Phi) is 4.11. The third-order valence-corrected chi connectivity index (χ3v) is 3.40. The summed E-state index contributed by atoms with van der Waals surface area (Å²) in [6.07, 6.45) is 1.89. The van der Waals surface area contributed by atoms with E-state index in [0.29, 0.717) is 17.2 Å². The van der Waals surface area contributed by atoms with Crippen LogP contribution in [-0.4, -0.2) is 27.0 Å². The van der Waals surface area contributed by atoms with Crippen LogP contribution in [0.3, 0.4) is 0 Å². The van der Waals surface area contributed by atoms with Gasteiger partial charge in [-0.25, -0.2) is 10.5 Å². The van der Waals surface area contributed by atoms with Gasteiger partial charge in [-0.1, -0.05) is 20.8 Å². The summed E-state index contributed by atoms with van der Waals surface area (Å²) in [6.45, 7) is 6.06. The minimum atomic E-state index is -0.541. The van der Waals surface area contributed by atoms with E-state index in [1.165, 1.54) is 0 Å². The third kappa shape index (κ3) is 3.11. The summed E-state index contributed by atoms with van der Waals surface area (Å²) in [5.74, 6) is 0.0250. The summed E-state index contributed by atoms with van der Waals surface area (Å²) in [5, 5.41) is 11.5. The van der Waals surface area contributed by atoms with Gasteiger partial charge in [0, 0.05) is 16.1 Å². The second-order valence-electron chi connectivity index (χ2n) is 5.75. The molecule has 0 saturated carbocycles. The number of rotatable bonds is 3. The number of anilines is 2. The van der Waals surface area contributed by atoms with Crippen LogP contribution in [0.25, 0.3) is 5.65 Å². The lowest BCUT2D eigenvalue weighted by molar-refractivity contribution is -0.127. The molecule has 1 amide bonds. The predicted molar refractivity (Wildman–Crippen MR) is 84.4 cm³/mol. The van der Waals surface area contributed by atoms with E-state index in [2.05, 4.69) is 26.2 Å². The highest BCUT2D eigenvalue weighted by Gasteiger charge is 2.25. The highest BCUT2D eigenvalue weighted by Crippen LogP contribution is 2.33. The van der Waals surface area contributed by atoms with Crippen LogP contribution in [0.4, 0.5) is 11.5 Å². The Bertz CT molecular complexity index is 690. The molecule has 114 valence electrons. The van der Waals surface area contributed by atoms with Gasteiger partial charge in [-0.3, -0.25) is 14.4 Å². The van der Waals surface area contributed by atoms with Gasteiger partial charge in [0.15, 0.2) is 5.65 Å². The number of imidazole rings is 1. The van der Waals surface area contributed by atoms with Crippen LogP contribution in [0.2, 0.25) is 0 Å². The van der Waals surface area contributed by atoms with Crippen LogP contribution >= 0.6 is 15.9 Å². The first-order valence-electron chi connectivity index (χ1n) is 6.38. The van der Waals surface area contributed by atoms with E-state index in [9.17, 15) is 4.79 Å². The molecule has 2 rings (SSSR count). The molecular weight excluding hydrogens is 338 g/mol. The Balaban J connectivity index is 2.59. The van der Waals surface area contributed by atoms with Crippen molar-refractivity contribution >= 4 is 39.0 Å². The molecule has 8 heteroatoms. The van der Waals surface area contributed by atoms with Gasteiger partial charge in [-0.2, -0.15) is 0 Å². The smallest absolute Gasteiger partial charge is 0.262 e. The van der Waals surface area contributed by atoms with Gasteiger partial charge in [-0.05, 0) is 22.0 Å². The normalized spacial score (nSPS) is 11.7. The Hall–Kier alpha value is -1.80. The number of nitrogens with zero attached hydrogens (tertiary/aromatic N) is 2. The molecule has 2 aromatic rings. The standard InChI is InChI=1S/C13H18BrN5O2/c1-13(2,3)10-11(16-5-9(20)18-21)17-12-8(15)4-7(14)6-19(10)12/h4,6,16,21H,5,15H2,1-3H3,(H,18,20). The molecule has 0 spiro atoms. The number of aromatic nitrogens is 2. The van der Waals surface area contributed by atoms with Crippen LogP contribution in [-0.2, 0) is 10.2 Å². The van der Waals surface area contributed by atoms with E-state index in [1.807, 2.05) is 31.4 Å². The fraction of sp³-hybridized carbons (Fsp3) is 0.385. The molecule has 0 fully saturated rings. The van der Waals surface area contributed by atoms with E-state index < -0.39 is 5.91 Å². The van der Waals surface area contributed by atoms with Crippen LogP contribution in [0, 0.1) is 0 Å². The van der Waals surface area contributed by atoms with Gasteiger partial charge in [0.2, 0.25) is 0 Å². The van der Waals surface area contributed by atoms with E-state index in [4.69, 9.17) is 10.9 Å². The maximum absolute atomic E-state index is 11.2. The number of halogens is 1. The number of amides is 1. The molecule has 0 aliphatic carbocycles. The SMILES string of the molecule is CC(C)(C)c1c(NCC(=O)NO)nc2c(N)cc(Br)cn12. The summed E-state index contributed by atoms with van der Waals surface area (Å²) in [6, 6.07) is 1.78. The van der Waals surface area contributed by atoms with E-state index in [1.54, 1.807) is 11.5 Å². The van der Waals surface area contributed by atoms with Crippen LogP contribution in [0.15, 0.2) is 16.7 Å². The van der Waals surface area contributed by atoms with Crippen molar-refractivity contribution in [1.29, 1.82) is 0 Å². The number of hydrogen-bond donors (Lipinski definition) is 4. The van der Waals surface area contributed by atoms with Crippen LogP contribution in [0.1, 0.15) is 26.5 Å². The summed E-state index contributed by atoms with van der Waals surface area (Å²) < 4.78 is 2.74. The molecule has 0 aromatic carbocycles. The molecule has 2 heterocycles. The van der Waals surface area contributed by atoms with Crippen molar-refractivity contribution in [1.82, 2.24) is 14.9 Å². The zero-order valence-electron chi connectivity index (χ0n) is 12.1. The number of nitrogens with two attached hydrogens (primary N) is 1. The summed E-state index contributed by atoms with van der Waals surface area (Å²) in [4.78, 5) is 15.7. The van der Waals surface area contributed by atoms with Crippen LogP contribution in [0.5, 0.6) is 0 Å². The Labute approximate surface area is 130 Å². The number of nitrogen functional groups attached to an aromatic ring is 1. The van der Waals surface area contributed by atoms with Gasteiger partial charge in [-0.15, -0.1) is 0 Å². The number of nitrogens with one attached hydrogen (secondary N) is 2. The fourth-order valence-electron chi connectivity index (χ4n) is 2.18. The average Bonchev–Trinajstić information content (AvgIpc) is 2.74. The first kappa shape index (κ1) is 15.6. The van der Waals surface area contributed by atoms with Gasteiger partial charge in [0.1, 0.15) is 5.82 Å². The maximum atomic E-state index is 11.2. The minimum absolute atomic E-state index is 0.0788. The fourth-order valence-corrected chi connectivity index (χ4v) is 2.63. The molecular formula is C13H18BrN5O2. The van der Waals surface area contributed by atoms with E-state index in [-0.39, 0.29) is 12.0 Å². The minimum Gasteiger partial charge on any atom is -0.396 e. The molecule has 2 aromatic heterocycles. The highest BCUT2D eigenvalue weighted by atomic mass is 79.9. The van der Waals surface area contributed by atoms with E-state index >= 15 is 0 Å². The molecule has 5 N–H and O–H groups in total.